The summed E-state index contributed by atoms with van der Waals surface area (Å²) in [7, 11) is -0.483. The molecule has 11 heteroatoms. The molecule has 1 heterocycles. The van der Waals surface area contributed by atoms with Crippen LogP contribution in [-0.2, 0) is 10.0 Å². The summed E-state index contributed by atoms with van der Waals surface area (Å²) in [5.41, 5.74) is 0.602. The second-order valence-electron chi connectivity index (χ2n) is 6.60. The molecule has 2 aromatic carbocycles. The van der Waals surface area contributed by atoms with E-state index in [2.05, 4.69) is 19.3 Å². The van der Waals surface area contributed by atoms with Gasteiger partial charge < -0.3 is 19.3 Å². The minimum absolute atomic E-state index is 0. The summed E-state index contributed by atoms with van der Waals surface area (Å²) in [4.78, 5) is 4.25. The van der Waals surface area contributed by atoms with Crippen molar-refractivity contribution in [3.05, 3.63) is 42.5 Å². The monoisotopic (exact) mass is 463 g/mol. The van der Waals surface area contributed by atoms with Crippen molar-refractivity contribution in [2.45, 2.75) is 11.5 Å². The highest BCUT2D eigenvalue weighted by atomic mass is 35.5. The molecule has 0 saturated carbocycles. The molecule has 1 aliphatic heterocycles. The lowest BCUT2D eigenvalue weighted by Crippen LogP contribution is -2.44. The van der Waals surface area contributed by atoms with Crippen molar-refractivity contribution in [3.63, 3.8) is 0 Å². The summed E-state index contributed by atoms with van der Waals surface area (Å²) >= 11 is 0. The Bertz CT molecular complexity index is 955. The maximum Gasteiger partial charge on any atom is 0.387 e. The Morgan fingerprint density at radius 2 is 1.70 bits per heavy atom. The first kappa shape index (κ1) is 24.0. The minimum atomic E-state index is -4.04. The largest absolute Gasteiger partial charge is 0.495 e. The maximum atomic E-state index is 12.9. The first-order valence-electron chi connectivity index (χ1n) is 8.98. The van der Waals surface area contributed by atoms with Crippen molar-refractivity contribution in [1.29, 1.82) is 0 Å². The Morgan fingerprint density at radius 3 is 2.33 bits per heavy atom. The van der Waals surface area contributed by atoms with Crippen LogP contribution in [0.3, 0.4) is 0 Å². The van der Waals surface area contributed by atoms with Gasteiger partial charge in [0, 0.05) is 26.2 Å². The second-order valence-corrected chi connectivity index (χ2v) is 8.29. The molecular weight excluding hydrogens is 440 g/mol. The van der Waals surface area contributed by atoms with Crippen molar-refractivity contribution in [1.82, 2.24) is 4.90 Å². The summed E-state index contributed by atoms with van der Waals surface area (Å²) in [5, 5.41) is 0. The van der Waals surface area contributed by atoms with Gasteiger partial charge in [0.05, 0.1) is 23.4 Å². The minimum Gasteiger partial charge on any atom is -0.495 e. The van der Waals surface area contributed by atoms with E-state index in [4.69, 9.17) is 4.74 Å². The van der Waals surface area contributed by atoms with Gasteiger partial charge in [-0.1, -0.05) is 12.1 Å². The lowest BCUT2D eigenvalue weighted by atomic mass is 10.2. The average molecular weight is 464 g/mol. The summed E-state index contributed by atoms with van der Waals surface area (Å²) in [6.45, 7) is 0.0856. The van der Waals surface area contributed by atoms with Crippen LogP contribution in [0.5, 0.6) is 11.5 Å². The van der Waals surface area contributed by atoms with Crippen molar-refractivity contribution in [2.75, 3.05) is 50.0 Å². The SMILES string of the molecule is COc1ccc(S(=O)(=O)Nc2ccccc2OC(F)F)cc1N1CCN(C)CC1.Cl. The molecule has 2 aromatic rings. The smallest absolute Gasteiger partial charge is 0.387 e. The zero-order chi connectivity index (χ0) is 21.0. The molecule has 1 fully saturated rings. The molecule has 166 valence electrons. The third-order valence-corrected chi connectivity index (χ3v) is 6.02. The van der Waals surface area contributed by atoms with Crippen LogP contribution in [-0.4, -0.2) is 60.3 Å². The highest BCUT2D eigenvalue weighted by Gasteiger charge is 2.23. The first-order chi connectivity index (χ1) is 13.8. The van der Waals surface area contributed by atoms with Gasteiger partial charge in [-0.15, -0.1) is 12.4 Å². The van der Waals surface area contributed by atoms with Crippen molar-refractivity contribution >= 4 is 33.8 Å². The number of anilines is 2. The number of piperazine rings is 1. The Morgan fingerprint density at radius 1 is 1.03 bits per heavy atom. The number of ether oxygens (including phenoxy) is 2. The van der Waals surface area contributed by atoms with Gasteiger partial charge in [0.15, 0.2) is 0 Å². The van der Waals surface area contributed by atoms with Gasteiger partial charge in [0.1, 0.15) is 11.5 Å². The predicted molar refractivity (Wildman–Crippen MR) is 114 cm³/mol. The Kier molecular flexibility index (Phi) is 8.10. The van der Waals surface area contributed by atoms with Gasteiger partial charge >= 0.3 is 6.61 Å². The molecule has 1 saturated heterocycles. The molecule has 1 aliphatic rings. The van der Waals surface area contributed by atoms with Crippen molar-refractivity contribution in [3.8, 4) is 11.5 Å². The predicted octanol–water partition coefficient (Wildman–Crippen LogP) is 3.27. The summed E-state index contributed by atoms with van der Waals surface area (Å²) < 4.78 is 63.1. The van der Waals surface area contributed by atoms with Crippen molar-refractivity contribution < 1.29 is 26.7 Å². The van der Waals surface area contributed by atoms with E-state index in [1.165, 1.54) is 43.5 Å². The fourth-order valence-electron chi connectivity index (χ4n) is 3.08. The first-order valence-corrected chi connectivity index (χ1v) is 10.5. The van der Waals surface area contributed by atoms with E-state index in [9.17, 15) is 17.2 Å². The van der Waals surface area contributed by atoms with Crippen LogP contribution in [0.2, 0.25) is 0 Å². The number of methoxy groups -OCH3 is 1. The van der Waals surface area contributed by atoms with E-state index in [0.29, 0.717) is 11.4 Å². The van der Waals surface area contributed by atoms with E-state index in [-0.39, 0.29) is 28.7 Å². The lowest BCUT2D eigenvalue weighted by molar-refractivity contribution is -0.0493. The van der Waals surface area contributed by atoms with Gasteiger partial charge in [0.2, 0.25) is 0 Å². The molecule has 0 amide bonds. The Balaban J connectivity index is 0.00000320. The number of rotatable bonds is 7. The van der Waals surface area contributed by atoms with E-state index < -0.39 is 16.6 Å². The third-order valence-electron chi connectivity index (χ3n) is 4.65. The molecule has 0 spiro atoms. The number of nitrogens with one attached hydrogen (secondary N) is 1. The average Bonchev–Trinajstić information content (AvgIpc) is 2.69. The zero-order valence-electron chi connectivity index (χ0n) is 16.5. The van der Waals surface area contributed by atoms with Crippen LogP contribution in [0.1, 0.15) is 0 Å². The number of hydrogen-bond donors (Lipinski definition) is 1. The van der Waals surface area contributed by atoms with Gasteiger partial charge in [-0.2, -0.15) is 8.78 Å². The summed E-state index contributed by atoms with van der Waals surface area (Å²) in [6.07, 6.45) is 0. The van der Waals surface area contributed by atoms with Gasteiger partial charge in [-0.05, 0) is 37.4 Å². The third kappa shape index (κ3) is 5.65. The standard InChI is InChI=1S/C19H23F2N3O4S.ClH/c1-23-9-11-24(12-10-23)16-13-14(7-8-18(16)27-2)29(25,26)22-15-5-3-4-6-17(15)28-19(20)21;/h3-8,13,19,22H,9-12H2,1-2H3;1H. The molecular formula is C19H24ClF2N3O4S. The molecule has 0 aliphatic carbocycles. The normalized spacial score (nSPS) is 14.9. The molecule has 30 heavy (non-hydrogen) atoms. The molecule has 3 rings (SSSR count). The highest BCUT2D eigenvalue weighted by Crippen LogP contribution is 2.33. The Hall–Kier alpha value is -2.30. The molecule has 7 nitrogen and oxygen atoms in total. The van der Waals surface area contributed by atoms with Crippen molar-refractivity contribution in [2.24, 2.45) is 0 Å². The van der Waals surface area contributed by atoms with E-state index in [1.54, 1.807) is 6.07 Å². The van der Waals surface area contributed by atoms with Gasteiger partial charge in [0.25, 0.3) is 10.0 Å². The number of alkyl halides is 2. The van der Waals surface area contributed by atoms with Crippen LogP contribution < -0.4 is 19.1 Å². The number of nitrogens with zero attached hydrogens (tertiary/aromatic N) is 2. The zero-order valence-corrected chi connectivity index (χ0v) is 18.2. The van der Waals surface area contributed by atoms with E-state index >= 15 is 0 Å². The molecule has 0 aromatic heterocycles. The second kappa shape index (κ2) is 10.1. The molecule has 1 N–H and O–H groups in total. The molecule has 0 bridgehead atoms. The fourth-order valence-corrected chi connectivity index (χ4v) is 4.17. The van der Waals surface area contributed by atoms with Crippen LogP contribution >= 0.6 is 12.4 Å². The quantitative estimate of drug-likeness (QED) is 0.679. The topological polar surface area (TPSA) is 71.1 Å². The number of hydrogen-bond acceptors (Lipinski definition) is 6. The maximum absolute atomic E-state index is 12.9. The molecule has 0 radical (unpaired) electrons. The van der Waals surface area contributed by atoms with Gasteiger partial charge in [-0.25, -0.2) is 8.42 Å². The Labute approximate surface area is 181 Å². The number of para-hydroxylation sites is 2. The van der Waals surface area contributed by atoms with E-state index in [0.717, 1.165) is 26.2 Å². The fraction of sp³-hybridized carbons (Fsp3) is 0.368. The summed E-state index contributed by atoms with van der Waals surface area (Å²) in [6, 6.07) is 10.2. The molecule has 0 unspecified atom stereocenters. The van der Waals surface area contributed by atoms with Crippen LogP contribution in [0.15, 0.2) is 47.4 Å². The number of likely N-dealkylation sites (N-methyl/N-ethyl adjacent to an activating group) is 1. The number of halogens is 3. The summed E-state index contributed by atoms with van der Waals surface area (Å²) in [5.74, 6) is 0.314. The number of benzene rings is 2. The number of sulfonamides is 1. The van der Waals surface area contributed by atoms with Gasteiger partial charge in [-0.3, -0.25) is 4.72 Å². The van der Waals surface area contributed by atoms with E-state index in [1.807, 2.05) is 7.05 Å². The van der Waals surface area contributed by atoms with Crippen LogP contribution in [0.25, 0.3) is 0 Å². The molecule has 0 atom stereocenters. The lowest BCUT2D eigenvalue weighted by Gasteiger charge is -2.34. The van der Waals surface area contributed by atoms with Crippen LogP contribution in [0.4, 0.5) is 20.2 Å². The highest BCUT2D eigenvalue weighted by molar-refractivity contribution is 7.92. The van der Waals surface area contributed by atoms with Crippen LogP contribution in [0, 0.1) is 0 Å².